The van der Waals surface area contributed by atoms with Crippen LogP contribution in [0.2, 0.25) is 0 Å². The van der Waals surface area contributed by atoms with Crippen molar-refractivity contribution in [2.24, 2.45) is 27.9 Å². The molecule has 0 saturated carbocycles. The Bertz CT molecular complexity index is 1520. The Morgan fingerprint density at radius 3 is 2.04 bits per heavy atom. The molecule has 3 rings (SSSR count). The molecule has 0 aliphatic rings. The molecule has 0 aliphatic heterocycles. The minimum absolute atomic E-state index is 0.00484. The van der Waals surface area contributed by atoms with E-state index in [1.54, 1.807) is 36.5 Å². The molecule has 0 spiro atoms. The summed E-state index contributed by atoms with van der Waals surface area (Å²) in [5.74, 6) is -4.46. The first-order valence-corrected chi connectivity index (χ1v) is 14.3. The van der Waals surface area contributed by atoms with E-state index >= 15 is 0 Å². The number of aromatic nitrogens is 1. The summed E-state index contributed by atoms with van der Waals surface area (Å²) in [4.78, 5) is 70.4. The number of aliphatic carboxylic acids is 1. The van der Waals surface area contributed by atoms with Crippen LogP contribution in [0.5, 0.6) is 0 Å². The number of aliphatic imine (C=N–C) groups is 1. The van der Waals surface area contributed by atoms with Crippen molar-refractivity contribution in [2.45, 2.75) is 56.3 Å². The highest BCUT2D eigenvalue weighted by Gasteiger charge is 2.31. The summed E-state index contributed by atoms with van der Waals surface area (Å²) in [6.45, 7) is 0.163. The Kier molecular flexibility index (Phi) is 12.4. The van der Waals surface area contributed by atoms with Crippen molar-refractivity contribution in [2.75, 3.05) is 6.54 Å². The van der Waals surface area contributed by atoms with Gasteiger partial charge >= 0.3 is 5.97 Å². The van der Waals surface area contributed by atoms with Crippen molar-refractivity contribution in [3.8, 4) is 0 Å². The van der Waals surface area contributed by atoms with Crippen molar-refractivity contribution >= 4 is 46.5 Å². The lowest BCUT2D eigenvalue weighted by molar-refractivity contribution is -0.142. The number of hydrogen-bond donors (Lipinski definition) is 9. The number of H-pyrrole nitrogens is 1. The molecule has 0 radical (unpaired) electrons. The minimum Gasteiger partial charge on any atom is -0.480 e. The summed E-state index contributed by atoms with van der Waals surface area (Å²) in [6, 6.07) is 11.2. The van der Waals surface area contributed by atoms with E-state index in [-0.39, 0.29) is 38.2 Å². The number of benzene rings is 2. The number of hydrogen-bond acceptors (Lipinski definition) is 7. The summed E-state index contributed by atoms with van der Waals surface area (Å²) in [7, 11) is 0. The van der Waals surface area contributed by atoms with Crippen LogP contribution in [-0.4, -0.2) is 76.4 Å². The van der Waals surface area contributed by atoms with Gasteiger partial charge in [0.15, 0.2) is 5.96 Å². The monoisotopic (exact) mass is 621 g/mol. The molecule has 3 aromatic rings. The number of amides is 4. The van der Waals surface area contributed by atoms with Crippen molar-refractivity contribution in [1.29, 1.82) is 0 Å². The summed E-state index contributed by atoms with van der Waals surface area (Å²) in [6.07, 6.45) is 1.59. The summed E-state index contributed by atoms with van der Waals surface area (Å²) in [5, 5.41) is 18.3. The average Bonchev–Trinajstić information content (AvgIpc) is 3.40. The Balaban J connectivity index is 1.87. The van der Waals surface area contributed by atoms with Gasteiger partial charge in [0, 0.05) is 36.5 Å². The maximum absolute atomic E-state index is 13.7. The second-order valence-electron chi connectivity index (χ2n) is 10.5. The van der Waals surface area contributed by atoms with Crippen molar-refractivity contribution in [3.63, 3.8) is 0 Å². The second kappa shape index (κ2) is 16.4. The smallest absolute Gasteiger partial charge is 0.326 e. The minimum atomic E-state index is -1.30. The van der Waals surface area contributed by atoms with Gasteiger partial charge in [-0.1, -0.05) is 48.5 Å². The molecule has 0 fully saturated rings. The van der Waals surface area contributed by atoms with Crippen LogP contribution in [-0.2, 0) is 36.8 Å². The molecule has 4 unspecified atom stereocenters. The fraction of sp³-hybridized carbons (Fsp3) is 0.333. The lowest BCUT2D eigenvalue weighted by atomic mass is 10.0. The molecule has 15 heteroatoms. The molecule has 0 saturated heterocycles. The number of para-hydroxylation sites is 1. The van der Waals surface area contributed by atoms with Gasteiger partial charge in [0.2, 0.25) is 23.6 Å². The molecule has 45 heavy (non-hydrogen) atoms. The number of guanidine groups is 1. The predicted molar refractivity (Wildman–Crippen MR) is 167 cm³/mol. The standard InChI is InChI=1S/C30H39N9O6/c31-20(15-25(32)40)26(41)38-23(13-17-7-2-1-3-8-17)27(42)39-24(14-18-16-36-21-10-5-4-9-19(18)21)28(43)37-22(29(44)45)11-6-12-35-30(33)34/h1-5,7-10,16,20,22-24,36H,6,11-15,31H2,(H2,32,40)(H,37,43)(H,38,41)(H,39,42)(H,44,45)(H4,33,34,35). The van der Waals surface area contributed by atoms with Gasteiger partial charge in [-0.15, -0.1) is 0 Å². The third-order valence-corrected chi connectivity index (χ3v) is 6.97. The topological polar surface area (TPSA) is 274 Å². The second-order valence-corrected chi connectivity index (χ2v) is 10.5. The molecule has 240 valence electrons. The number of nitrogens with zero attached hydrogens (tertiary/aromatic N) is 1. The highest BCUT2D eigenvalue weighted by Crippen LogP contribution is 2.19. The summed E-state index contributed by atoms with van der Waals surface area (Å²) < 4.78 is 0. The number of carbonyl (C=O) groups is 5. The number of rotatable bonds is 17. The molecule has 15 nitrogen and oxygen atoms in total. The molecule has 0 aliphatic carbocycles. The average molecular weight is 622 g/mol. The molecule has 4 atom stereocenters. The number of carbonyl (C=O) groups excluding carboxylic acids is 4. The molecule has 1 aromatic heterocycles. The molecular formula is C30H39N9O6. The molecule has 0 bridgehead atoms. The molecular weight excluding hydrogens is 582 g/mol. The normalized spacial score (nSPS) is 13.5. The Morgan fingerprint density at radius 2 is 1.40 bits per heavy atom. The summed E-state index contributed by atoms with van der Waals surface area (Å²) in [5.41, 5.74) is 23.8. The van der Waals surface area contributed by atoms with Crippen LogP contribution >= 0.6 is 0 Å². The molecule has 13 N–H and O–H groups in total. The quantitative estimate of drug-likeness (QED) is 0.0494. The van der Waals surface area contributed by atoms with Crippen LogP contribution in [0.25, 0.3) is 10.9 Å². The SMILES string of the molecule is NC(=O)CC(N)C(=O)NC(Cc1ccccc1)C(=O)NC(Cc1c[nH]c2ccccc12)C(=O)NC(CCCN=C(N)N)C(=O)O. The largest absolute Gasteiger partial charge is 0.480 e. The first-order chi connectivity index (χ1) is 21.4. The van der Waals surface area contributed by atoms with Gasteiger partial charge in [-0.2, -0.15) is 0 Å². The van der Waals surface area contributed by atoms with E-state index < -0.39 is 60.2 Å². The van der Waals surface area contributed by atoms with Crippen LogP contribution in [0.15, 0.2) is 65.8 Å². The molecule has 4 amide bonds. The van der Waals surface area contributed by atoms with Crippen LogP contribution in [0.3, 0.4) is 0 Å². The zero-order valence-electron chi connectivity index (χ0n) is 24.6. The van der Waals surface area contributed by atoms with Gasteiger partial charge in [-0.3, -0.25) is 24.2 Å². The fourth-order valence-electron chi connectivity index (χ4n) is 4.68. The molecule has 1 heterocycles. The van der Waals surface area contributed by atoms with Gasteiger partial charge in [0.05, 0.1) is 12.5 Å². The maximum Gasteiger partial charge on any atom is 0.326 e. The van der Waals surface area contributed by atoms with Gasteiger partial charge in [0.1, 0.15) is 18.1 Å². The number of aromatic amines is 1. The van der Waals surface area contributed by atoms with E-state index in [0.717, 1.165) is 10.9 Å². The van der Waals surface area contributed by atoms with Gasteiger partial charge in [0.25, 0.3) is 0 Å². The fourth-order valence-corrected chi connectivity index (χ4v) is 4.68. The lowest BCUT2D eigenvalue weighted by Crippen LogP contribution is -2.58. The van der Waals surface area contributed by atoms with Crippen molar-refractivity contribution < 1.29 is 29.1 Å². The number of carboxylic acid groups (broad SMARTS) is 1. The Morgan fingerprint density at radius 1 is 0.800 bits per heavy atom. The molecule has 2 aromatic carbocycles. The first-order valence-electron chi connectivity index (χ1n) is 14.3. The predicted octanol–water partition coefficient (Wildman–Crippen LogP) is -1.25. The van der Waals surface area contributed by atoms with E-state index in [9.17, 15) is 29.1 Å². The van der Waals surface area contributed by atoms with Crippen molar-refractivity contribution in [1.82, 2.24) is 20.9 Å². The number of fused-ring (bicyclic) bond motifs is 1. The third kappa shape index (κ3) is 10.7. The zero-order valence-corrected chi connectivity index (χ0v) is 24.6. The number of carboxylic acids is 1. The Hall–Kier alpha value is -5.44. The number of primary amides is 1. The Labute approximate surface area is 259 Å². The first kappa shape index (κ1) is 34.1. The van der Waals surface area contributed by atoms with E-state index in [1.807, 2.05) is 24.3 Å². The van der Waals surface area contributed by atoms with E-state index in [0.29, 0.717) is 11.1 Å². The number of nitrogens with one attached hydrogen (secondary N) is 4. The highest BCUT2D eigenvalue weighted by atomic mass is 16.4. The van der Waals surface area contributed by atoms with Gasteiger partial charge in [-0.25, -0.2) is 4.79 Å². The van der Waals surface area contributed by atoms with E-state index in [4.69, 9.17) is 22.9 Å². The van der Waals surface area contributed by atoms with E-state index in [2.05, 4.69) is 25.9 Å². The van der Waals surface area contributed by atoms with Crippen LogP contribution in [0.4, 0.5) is 0 Å². The van der Waals surface area contributed by atoms with Gasteiger partial charge in [-0.05, 0) is 30.0 Å². The number of nitrogens with two attached hydrogens (primary N) is 4. The lowest BCUT2D eigenvalue weighted by Gasteiger charge is -2.25. The van der Waals surface area contributed by atoms with Crippen molar-refractivity contribution in [3.05, 3.63) is 71.9 Å². The highest BCUT2D eigenvalue weighted by molar-refractivity contribution is 5.95. The van der Waals surface area contributed by atoms with Crippen LogP contribution < -0.4 is 38.9 Å². The van der Waals surface area contributed by atoms with Crippen LogP contribution in [0.1, 0.15) is 30.4 Å². The van der Waals surface area contributed by atoms with Gasteiger partial charge < -0.3 is 49.0 Å². The van der Waals surface area contributed by atoms with Crippen LogP contribution in [0, 0.1) is 0 Å². The zero-order chi connectivity index (χ0) is 32.9. The van der Waals surface area contributed by atoms with E-state index in [1.165, 1.54) is 0 Å². The maximum atomic E-state index is 13.7. The summed E-state index contributed by atoms with van der Waals surface area (Å²) >= 11 is 0. The third-order valence-electron chi connectivity index (χ3n) is 6.97.